The van der Waals surface area contributed by atoms with Crippen LogP contribution in [0.4, 0.5) is 0 Å². The van der Waals surface area contributed by atoms with Crippen LogP contribution >= 0.6 is 0 Å². The number of pyridine rings is 5. The first kappa shape index (κ1) is 96.2. The van der Waals surface area contributed by atoms with Gasteiger partial charge in [-0.3, -0.25) is 18.3 Å². The van der Waals surface area contributed by atoms with Gasteiger partial charge in [0, 0.05) is 106 Å². The van der Waals surface area contributed by atoms with Crippen LogP contribution in [0.5, 0.6) is 34.5 Å². The third kappa shape index (κ3) is 20.2. The zero-order valence-electron chi connectivity index (χ0n) is 77.0. The molecule has 0 amide bonds. The standard InChI is InChI=1S/C24H17N3O.2C22H15N3O.C19H15N3O.C18H13N3O.C9H12O.Al.Ga.3Zn.H/c28-22-11-5-4-9-20(22)23-26-21-10-6-16-25-24(21)27(23)19-14-12-18(13-15-19)17-7-2-1-3-8-17;26-20-13-4-3-10-17(20)21-24-18-11-6-14-23-22(18)25(21)19-12-5-8-15-7-1-2-9-16(15)19;26-20-10-4-3-8-18(20)21-24-19-9-5-13-23-22(19)25(21)17-12-11-15-6-1-2-7-16(15)14-17;1-13-11-16-19(20-12-13)22(14-7-3-2-4-8-14)18(21-16)15-9-5-6-10-17(15)23;22-16-11-5-4-9-14(16)17-20-15-10-6-12-19-18(15)21(17)13-7-2-1-3-8-13;1-6-4-7(2)9(10)8(3)5-6;;;;;;/h1-16,28H;2*1-14,26H;2-12,23H,1H3;1-12,22H;4-5,10H,1-3H3;;;;;;/q;;;;;;+2;+1;;;;/p-3. The van der Waals surface area contributed by atoms with E-state index in [4.69, 9.17) is 36.0 Å². The zero-order valence-corrected chi connectivity index (χ0v) is 90.0. The van der Waals surface area contributed by atoms with Crippen molar-refractivity contribution in [3.63, 3.8) is 0 Å². The average molecular weight is 2050 g/mol. The fourth-order valence-corrected chi connectivity index (χ4v) is 18.5. The molecule has 3 N–H and O–H groups in total. The number of hydrogen-bond donors (Lipinski definition) is 3. The summed E-state index contributed by atoms with van der Waals surface area (Å²) in [5.41, 5.74) is 23.7. The second-order valence-corrected chi connectivity index (χ2v) is 33.7. The molecule has 0 aliphatic heterocycles. The summed E-state index contributed by atoms with van der Waals surface area (Å²) in [5.74, 6) is 6.72. The Labute approximate surface area is 862 Å². The maximum absolute atomic E-state index is 10.4. The molecule has 24 aromatic rings. The van der Waals surface area contributed by atoms with Crippen molar-refractivity contribution in [1.82, 2.24) is 72.7 Å². The van der Waals surface area contributed by atoms with Crippen LogP contribution in [0.15, 0.2) is 419 Å². The van der Waals surface area contributed by atoms with Crippen molar-refractivity contribution in [2.75, 3.05) is 0 Å². The Hall–Kier alpha value is -15.5. The number of aromatic nitrogens is 15. The normalized spacial score (nSPS) is 10.8. The zero-order chi connectivity index (χ0) is 93.2. The third-order valence-corrected chi connectivity index (χ3v) is 24.7. The van der Waals surface area contributed by atoms with Gasteiger partial charge in [-0.1, -0.05) is 194 Å². The van der Waals surface area contributed by atoms with Gasteiger partial charge in [-0.25, -0.2) is 39.9 Å². The van der Waals surface area contributed by atoms with Gasteiger partial charge in [-0.05, 0) is 199 Å². The summed E-state index contributed by atoms with van der Waals surface area (Å²) in [6.07, 6.45) is 8.95. The molecular formula is C114H85AlGaN15O6Zn3. The molecule has 0 aliphatic rings. The van der Waals surface area contributed by atoms with Crippen LogP contribution in [0.25, 0.3) is 174 Å². The molecule has 664 valence electrons. The van der Waals surface area contributed by atoms with Gasteiger partial charge in [0.2, 0.25) is 0 Å². The van der Waals surface area contributed by atoms with E-state index in [1.165, 1.54) is 16.5 Å². The van der Waals surface area contributed by atoms with E-state index in [0.717, 1.165) is 182 Å². The Morgan fingerprint density at radius 1 is 0.271 bits per heavy atom. The minimum Gasteiger partial charge on any atom is -0.507 e. The molecule has 26 heteroatoms. The van der Waals surface area contributed by atoms with Gasteiger partial charge in [0.1, 0.15) is 39.3 Å². The molecule has 0 saturated heterocycles. The summed E-state index contributed by atoms with van der Waals surface area (Å²) in [4.78, 5) is 46.9. The molecule has 0 atom stereocenters. The Kier molecular flexibility index (Phi) is 30.2. The summed E-state index contributed by atoms with van der Waals surface area (Å²) in [7, 11) is 0. The summed E-state index contributed by atoms with van der Waals surface area (Å²) < 4.78 is 28.1. The summed E-state index contributed by atoms with van der Waals surface area (Å²) in [5, 5.41) is 35.7. The Morgan fingerprint density at radius 2 is 0.636 bits per heavy atom. The molecule has 0 spiro atoms. The van der Waals surface area contributed by atoms with Gasteiger partial charge >= 0.3 is 166 Å². The monoisotopic (exact) mass is 2050 g/mol. The number of nitrogens with zero attached hydrogens (tertiary/aromatic N) is 15. The predicted octanol–water partition coefficient (Wildman–Crippen LogP) is 24.9. The van der Waals surface area contributed by atoms with E-state index in [-0.39, 0.29) is 75.7 Å². The summed E-state index contributed by atoms with van der Waals surface area (Å²) in [6.45, 7) is 8.26. The Balaban J connectivity index is 0.000000121. The first-order valence-electron chi connectivity index (χ1n) is 44.5. The van der Waals surface area contributed by atoms with E-state index in [2.05, 4.69) is 188 Å². The Morgan fingerprint density at radius 3 is 1.14 bits per heavy atom. The molecule has 24 rings (SSSR count). The number of phenolic OH excluding ortho intramolecular Hbond substituents is 3. The molecule has 0 saturated carbocycles. The van der Waals surface area contributed by atoms with Crippen LogP contribution in [0.1, 0.15) is 22.3 Å². The molecule has 0 aliphatic carbocycles. The van der Waals surface area contributed by atoms with Crippen molar-refractivity contribution >= 4 is 112 Å². The van der Waals surface area contributed by atoms with Crippen LogP contribution in [0, 0.1) is 27.7 Å². The maximum Gasteiger partial charge on any atom is 0.164 e. The average Bonchev–Trinajstić information content (AvgIpc) is 1.62. The number of aryl methyl sites for hydroxylation is 4. The minimum atomic E-state index is -0.753. The second kappa shape index (κ2) is 43.9. The van der Waals surface area contributed by atoms with Crippen molar-refractivity contribution in [3.05, 3.63) is 441 Å². The van der Waals surface area contributed by atoms with Crippen LogP contribution in [0.2, 0.25) is 0 Å². The molecule has 10 aromatic heterocycles. The van der Waals surface area contributed by atoms with E-state index in [9.17, 15) is 15.3 Å². The minimum absolute atomic E-state index is 0. The second-order valence-electron chi connectivity index (χ2n) is 32.5. The molecule has 0 unspecified atom stereocenters. The third-order valence-electron chi connectivity index (χ3n) is 23.4. The van der Waals surface area contributed by atoms with Gasteiger partial charge in [0.05, 0.1) is 39.4 Å². The first-order valence-corrected chi connectivity index (χ1v) is 46.6. The van der Waals surface area contributed by atoms with Crippen molar-refractivity contribution in [1.29, 1.82) is 0 Å². The molecule has 14 aromatic carbocycles. The van der Waals surface area contributed by atoms with Gasteiger partial charge in [0.25, 0.3) is 0 Å². The number of aromatic hydroxyl groups is 3. The van der Waals surface area contributed by atoms with Crippen molar-refractivity contribution in [3.8, 4) is 131 Å². The fraction of sp³-hybridized carbons (Fsp3) is 0.0351. The van der Waals surface area contributed by atoms with E-state index in [0.29, 0.717) is 34.2 Å². The van der Waals surface area contributed by atoms with E-state index in [1.807, 2.05) is 251 Å². The number of para-hydroxylation sites is 7. The summed E-state index contributed by atoms with van der Waals surface area (Å²) >= 11 is -0.0168. The van der Waals surface area contributed by atoms with Crippen molar-refractivity contribution in [2.45, 2.75) is 27.7 Å². The van der Waals surface area contributed by atoms with Crippen molar-refractivity contribution in [2.24, 2.45) is 0 Å². The first-order chi connectivity index (χ1) is 67.3. The largest absolute Gasteiger partial charge is 0.507 e. The Bertz CT molecular complexity index is 8490. The molecule has 21 nitrogen and oxygen atoms in total. The molecule has 140 heavy (non-hydrogen) atoms. The van der Waals surface area contributed by atoms with Gasteiger partial charge < -0.3 is 22.9 Å². The van der Waals surface area contributed by atoms with Crippen LogP contribution in [-0.2, 0) is 58.4 Å². The quantitative estimate of drug-likeness (QED) is 0.0762. The maximum atomic E-state index is 10.4. The SMILES string of the molecule is Cc1cc(C)c([O][Al][O]c2ccccc2-c2nc3cccnc3n2-c2ccccc2)c(C)c1.Cc1cnc2c(c1)nc(-c1ccccc1[O][GaH])n2-c1ccccc1.Oc1ccccc1-c1nc2cccnc2n1-c1ccc(-c2ccccc2)cc1.Oc1ccccc1-c1nc2cccnc2n1-c1ccc2ccccc2c1.Oc1ccccc1-c1nc2cccnc2n1-c1cccc2ccccc12.[Zn].[Zn].[Zn]. The number of benzene rings is 14. The van der Waals surface area contributed by atoms with Crippen molar-refractivity contribution < 1.29 is 84.9 Å². The molecule has 0 fully saturated rings. The molecule has 2 radical (unpaired) electrons. The van der Waals surface area contributed by atoms with Gasteiger partial charge in [-0.2, -0.15) is 0 Å². The summed E-state index contributed by atoms with van der Waals surface area (Å²) in [6, 6.07) is 127. The number of hydrogen-bond acceptors (Lipinski definition) is 16. The molecule has 0 bridgehead atoms. The molecule has 10 heterocycles. The molecular weight excluding hydrogens is 1970 g/mol. The number of imidazole rings is 5. The van der Waals surface area contributed by atoms with Crippen LogP contribution in [0.3, 0.4) is 0 Å². The van der Waals surface area contributed by atoms with E-state index < -0.39 is 15.9 Å². The smallest absolute Gasteiger partial charge is 0.164 e. The number of fused-ring (bicyclic) bond motifs is 7. The predicted molar refractivity (Wildman–Crippen MR) is 547 cm³/mol. The van der Waals surface area contributed by atoms with Gasteiger partial charge in [-0.15, -0.1) is 0 Å². The number of phenols is 3. The fourth-order valence-electron chi connectivity index (χ4n) is 17.1. The topological polar surface area (TPSA) is 242 Å². The van der Waals surface area contributed by atoms with Gasteiger partial charge in [0.15, 0.2) is 45.9 Å². The van der Waals surface area contributed by atoms with E-state index in [1.54, 1.807) is 55.1 Å². The van der Waals surface area contributed by atoms with E-state index >= 15 is 0 Å². The van der Waals surface area contributed by atoms with Crippen LogP contribution in [-0.4, -0.2) is 123 Å². The van der Waals surface area contributed by atoms with Crippen LogP contribution < -0.4 is 11.1 Å². The number of rotatable bonds is 16.